The number of sulfonamides is 1. The summed E-state index contributed by atoms with van der Waals surface area (Å²) in [6, 6.07) is 9.80. The van der Waals surface area contributed by atoms with Gasteiger partial charge in [-0.05, 0) is 30.7 Å². The van der Waals surface area contributed by atoms with Crippen LogP contribution in [0, 0.1) is 17.0 Å². The number of hydrogen-bond donors (Lipinski definition) is 2. The molecule has 0 heterocycles. The molecule has 0 atom stereocenters. The quantitative estimate of drug-likeness (QED) is 0.511. The van der Waals surface area contributed by atoms with Gasteiger partial charge in [0.1, 0.15) is 0 Å². The fourth-order valence-corrected chi connectivity index (χ4v) is 2.97. The van der Waals surface area contributed by atoms with Gasteiger partial charge in [-0.2, -0.15) is 0 Å². The van der Waals surface area contributed by atoms with Gasteiger partial charge in [0.15, 0.2) is 4.90 Å². The highest BCUT2D eigenvalue weighted by molar-refractivity contribution is 7.92. The number of nitro groups is 1. The molecule has 0 fully saturated rings. The topological polar surface area (TPSA) is 115 Å². The molecule has 21 heavy (non-hydrogen) atoms. The summed E-state index contributed by atoms with van der Waals surface area (Å²) < 4.78 is 26.8. The molecule has 0 aliphatic rings. The van der Waals surface area contributed by atoms with E-state index in [1.807, 2.05) is 0 Å². The van der Waals surface area contributed by atoms with E-state index in [0.717, 1.165) is 11.6 Å². The third-order valence-corrected chi connectivity index (χ3v) is 4.31. The van der Waals surface area contributed by atoms with Gasteiger partial charge in [-0.1, -0.05) is 18.2 Å². The molecule has 3 N–H and O–H groups in total. The number of hydrogen-bond acceptors (Lipinski definition) is 5. The van der Waals surface area contributed by atoms with Crippen molar-refractivity contribution in [3.8, 4) is 0 Å². The zero-order valence-electron chi connectivity index (χ0n) is 11.1. The Labute approximate surface area is 121 Å². The molecule has 2 aromatic rings. The summed E-state index contributed by atoms with van der Waals surface area (Å²) in [4.78, 5) is 9.78. The standard InChI is InChI=1S/C13H13N3O4S/c1-9-6-7-10(8-11(9)14)15-21(19,20)13-5-3-2-4-12(13)16(17)18/h2-8,15H,14H2,1H3. The van der Waals surface area contributed by atoms with Crippen molar-refractivity contribution in [1.29, 1.82) is 0 Å². The van der Waals surface area contributed by atoms with Crippen molar-refractivity contribution in [2.75, 3.05) is 10.5 Å². The molecule has 0 unspecified atom stereocenters. The number of para-hydroxylation sites is 1. The fourth-order valence-electron chi connectivity index (χ4n) is 1.75. The molecule has 2 rings (SSSR count). The maximum atomic E-state index is 12.3. The lowest BCUT2D eigenvalue weighted by atomic mass is 10.2. The summed E-state index contributed by atoms with van der Waals surface area (Å²) in [5.74, 6) is 0. The minimum absolute atomic E-state index is 0.247. The Kier molecular flexibility index (Phi) is 3.81. The molecule has 8 heteroatoms. The van der Waals surface area contributed by atoms with Crippen molar-refractivity contribution in [3.05, 3.63) is 58.1 Å². The van der Waals surface area contributed by atoms with Gasteiger partial charge in [0.25, 0.3) is 15.7 Å². The van der Waals surface area contributed by atoms with E-state index in [2.05, 4.69) is 4.72 Å². The average molecular weight is 307 g/mol. The number of nitrogens with one attached hydrogen (secondary N) is 1. The molecule has 0 aromatic heterocycles. The summed E-state index contributed by atoms with van der Waals surface area (Å²) in [6.45, 7) is 1.79. The first-order chi connectivity index (χ1) is 9.81. The highest BCUT2D eigenvalue weighted by atomic mass is 32.2. The number of rotatable bonds is 4. The van der Waals surface area contributed by atoms with Crippen molar-refractivity contribution in [3.63, 3.8) is 0 Å². The molecule has 2 aromatic carbocycles. The SMILES string of the molecule is Cc1ccc(NS(=O)(=O)c2ccccc2[N+](=O)[O-])cc1N. The summed E-state index contributed by atoms with van der Waals surface area (Å²) >= 11 is 0. The molecule has 0 bridgehead atoms. The molecule has 0 saturated carbocycles. The maximum Gasteiger partial charge on any atom is 0.289 e. The highest BCUT2D eigenvalue weighted by Gasteiger charge is 2.25. The molecule has 0 aliphatic heterocycles. The summed E-state index contributed by atoms with van der Waals surface area (Å²) in [5, 5.41) is 10.9. The number of nitro benzene ring substituents is 1. The Balaban J connectivity index is 2.43. The molecule has 0 saturated heterocycles. The van der Waals surface area contributed by atoms with Crippen LogP contribution in [0.25, 0.3) is 0 Å². The van der Waals surface area contributed by atoms with E-state index in [0.29, 0.717) is 5.69 Å². The Morgan fingerprint density at radius 2 is 1.86 bits per heavy atom. The minimum Gasteiger partial charge on any atom is -0.398 e. The molecular formula is C13H13N3O4S. The van der Waals surface area contributed by atoms with Crippen molar-refractivity contribution in [2.24, 2.45) is 0 Å². The van der Waals surface area contributed by atoms with E-state index in [1.165, 1.54) is 30.3 Å². The Bertz CT molecular complexity index is 803. The van der Waals surface area contributed by atoms with Crippen molar-refractivity contribution < 1.29 is 13.3 Å². The van der Waals surface area contributed by atoms with Gasteiger partial charge < -0.3 is 5.73 Å². The van der Waals surface area contributed by atoms with Crippen LogP contribution >= 0.6 is 0 Å². The number of anilines is 2. The van der Waals surface area contributed by atoms with E-state index in [4.69, 9.17) is 5.73 Å². The monoisotopic (exact) mass is 307 g/mol. The second-order valence-electron chi connectivity index (χ2n) is 4.40. The molecule has 7 nitrogen and oxygen atoms in total. The van der Waals surface area contributed by atoms with Crippen LogP contribution in [0.15, 0.2) is 47.4 Å². The largest absolute Gasteiger partial charge is 0.398 e. The number of nitrogens with zero attached hydrogens (tertiary/aromatic N) is 1. The van der Waals surface area contributed by atoms with Gasteiger partial charge in [-0.25, -0.2) is 8.42 Å². The lowest BCUT2D eigenvalue weighted by Crippen LogP contribution is -2.14. The number of nitrogens with two attached hydrogens (primary N) is 1. The van der Waals surface area contributed by atoms with Gasteiger partial charge in [-0.3, -0.25) is 14.8 Å². The van der Waals surface area contributed by atoms with Gasteiger partial charge in [0.05, 0.1) is 10.6 Å². The minimum atomic E-state index is -4.07. The van der Waals surface area contributed by atoms with E-state index in [1.54, 1.807) is 13.0 Å². The van der Waals surface area contributed by atoms with Crippen LogP contribution in [0.3, 0.4) is 0 Å². The van der Waals surface area contributed by atoms with Crippen LogP contribution in [-0.2, 0) is 10.0 Å². The van der Waals surface area contributed by atoms with Crippen LogP contribution < -0.4 is 10.5 Å². The summed E-state index contributed by atoms with van der Waals surface area (Å²) in [6.07, 6.45) is 0. The van der Waals surface area contributed by atoms with E-state index in [9.17, 15) is 18.5 Å². The Morgan fingerprint density at radius 3 is 2.48 bits per heavy atom. The molecule has 0 amide bonds. The van der Waals surface area contributed by atoms with Crippen molar-refractivity contribution >= 4 is 27.1 Å². The Hall–Kier alpha value is -2.61. The second-order valence-corrected chi connectivity index (χ2v) is 6.05. The first-order valence-electron chi connectivity index (χ1n) is 5.93. The van der Waals surface area contributed by atoms with E-state index >= 15 is 0 Å². The predicted molar refractivity (Wildman–Crippen MR) is 79.5 cm³/mol. The van der Waals surface area contributed by atoms with Gasteiger partial charge in [0, 0.05) is 11.8 Å². The predicted octanol–water partition coefficient (Wildman–Crippen LogP) is 2.29. The van der Waals surface area contributed by atoms with Crippen molar-refractivity contribution in [1.82, 2.24) is 0 Å². The van der Waals surface area contributed by atoms with Crippen molar-refractivity contribution in [2.45, 2.75) is 11.8 Å². The molecule has 0 aliphatic carbocycles. The Morgan fingerprint density at radius 1 is 1.19 bits per heavy atom. The maximum absolute atomic E-state index is 12.3. The normalized spacial score (nSPS) is 11.1. The molecule has 0 spiro atoms. The number of nitrogen functional groups attached to an aromatic ring is 1. The van der Waals surface area contributed by atoms with Gasteiger partial charge >= 0.3 is 0 Å². The van der Waals surface area contributed by atoms with Gasteiger partial charge in [0.2, 0.25) is 0 Å². The average Bonchev–Trinajstić information content (AvgIpc) is 2.42. The zero-order valence-corrected chi connectivity index (χ0v) is 11.9. The van der Waals surface area contributed by atoms with Crippen LogP contribution in [0.5, 0.6) is 0 Å². The first kappa shape index (κ1) is 14.8. The van der Waals surface area contributed by atoms with Crippen LogP contribution in [0.2, 0.25) is 0 Å². The van der Waals surface area contributed by atoms with Gasteiger partial charge in [-0.15, -0.1) is 0 Å². The summed E-state index contributed by atoms with van der Waals surface area (Å²) in [5.41, 5.74) is 6.72. The number of aryl methyl sites for hydroxylation is 1. The first-order valence-corrected chi connectivity index (χ1v) is 7.42. The third kappa shape index (κ3) is 3.11. The lowest BCUT2D eigenvalue weighted by molar-refractivity contribution is -0.387. The molecular weight excluding hydrogens is 294 g/mol. The fraction of sp³-hybridized carbons (Fsp3) is 0.0769. The summed E-state index contributed by atoms with van der Waals surface area (Å²) in [7, 11) is -4.07. The van der Waals surface area contributed by atoms with E-state index in [-0.39, 0.29) is 5.69 Å². The van der Waals surface area contributed by atoms with Crippen LogP contribution in [-0.4, -0.2) is 13.3 Å². The zero-order chi connectivity index (χ0) is 15.6. The third-order valence-electron chi connectivity index (χ3n) is 2.88. The highest BCUT2D eigenvalue weighted by Crippen LogP contribution is 2.26. The lowest BCUT2D eigenvalue weighted by Gasteiger charge is -2.10. The van der Waals surface area contributed by atoms with Crippen LogP contribution in [0.4, 0.5) is 17.1 Å². The van der Waals surface area contributed by atoms with Crippen LogP contribution in [0.1, 0.15) is 5.56 Å². The second kappa shape index (κ2) is 5.41. The number of benzene rings is 2. The molecule has 110 valence electrons. The molecule has 0 radical (unpaired) electrons. The van der Waals surface area contributed by atoms with E-state index < -0.39 is 25.5 Å². The smallest absolute Gasteiger partial charge is 0.289 e.